The van der Waals surface area contributed by atoms with E-state index in [9.17, 15) is 4.79 Å². The van der Waals surface area contributed by atoms with Gasteiger partial charge < -0.3 is 15.0 Å². The predicted molar refractivity (Wildman–Crippen MR) is 95.5 cm³/mol. The first-order valence-corrected chi connectivity index (χ1v) is 8.52. The summed E-state index contributed by atoms with van der Waals surface area (Å²) in [5.41, 5.74) is 0.613. The normalized spacial score (nSPS) is 17.0. The van der Waals surface area contributed by atoms with Crippen LogP contribution in [0.2, 0.25) is 0 Å². The molecule has 0 saturated carbocycles. The van der Waals surface area contributed by atoms with Gasteiger partial charge in [0.15, 0.2) is 0 Å². The Kier molecular flexibility index (Phi) is 5.16. The van der Waals surface area contributed by atoms with Crippen molar-refractivity contribution in [1.82, 2.24) is 10.2 Å². The number of carbonyl (C=O) groups is 1. The third-order valence-electron chi connectivity index (χ3n) is 4.31. The molecule has 1 saturated heterocycles. The summed E-state index contributed by atoms with van der Waals surface area (Å²) >= 11 is 0. The van der Waals surface area contributed by atoms with Crippen LogP contribution in [-0.2, 0) is 0 Å². The molecule has 24 heavy (non-hydrogen) atoms. The van der Waals surface area contributed by atoms with E-state index in [1.54, 1.807) is 0 Å². The summed E-state index contributed by atoms with van der Waals surface area (Å²) in [4.78, 5) is 15.2. The maximum atomic E-state index is 13.2. The minimum Gasteiger partial charge on any atom is -0.457 e. The van der Waals surface area contributed by atoms with Crippen LogP contribution < -0.4 is 10.1 Å². The molecule has 1 atom stereocenters. The number of carbonyl (C=O) groups excluding carboxylic acids is 1. The molecule has 2 aromatic carbocycles. The third kappa shape index (κ3) is 3.60. The van der Waals surface area contributed by atoms with Gasteiger partial charge in [-0.25, -0.2) is 0 Å². The molecule has 1 unspecified atom stereocenters. The molecule has 1 N–H and O–H groups in total. The smallest absolute Gasteiger partial charge is 0.258 e. The van der Waals surface area contributed by atoms with Crippen molar-refractivity contribution in [3.05, 3.63) is 60.2 Å². The minimum atomic E-state index is 0.0326. The van der Waals surface area contributed by atoms with E-state index >= 15 is 0 Å². The molecular weight excluding hydrogens is 300 g/mol. The zero-order chi connectivity index (χ0) is 16.9. The summed E-state index contributed by atoms with van der Waals surface area (Å²) in [6.45, 7) is 5.95. The van der Waals surface area contributed by atoms with Crippen molar-refractivity contribution in [2.75, 3.05) is 13.1 Å². The van der Waals surface area contributed by atoms with E-state index in [0.29, 0.717) is 11.3 Å². The highest BCUT2D eigenvalue weighted by Crippen LogP contribution is 2.28. The van der Waals surface area contributed by atoms with Gasteiger partial charge in [0.05, 0.1) is 5.56 Å². The summed E-state index contributed by atoms with van der Waals surface area (Å²) in [5, 5.41) is 3.34. The number of amides is 1. The fraction of sp³-hybridized carbons (Fsp3) is 0.350. The number of rotatable bonds is 5. The molecule has 4 nitrogen and oxygen atoms in total. The summed E-state index contributed by atoms with van der Waals surface area (Å²) in [6.07, 6.45) is 0.992. The highest BCUT2D eigenvalue weighted by atomic mass is 16.5. The summed E-state index contributed by atoms with van der Waals surface area (Å²) in [5.74, 6) is 1.37. The fourth-order valence-corrected chi connectivity index (χ4v) is 3.19. The highest BCUT2D eigenvalue weighted by molar-refractivity contribution is 5.97. The van der Waals surface area contributed by atoms with E-state index in [0.717, 1.165) is 25.3 Å². The molecule has 3 rings (SSSR count). The van der Waals surface area contributed by atoms with Crippen LogP contribution >= 0.6 is 0 Å². The number of benzene rings is 2. The second-order valence-corrected chi connectivity index (χ2v) is 6.36. The number of para-hydroxylation sites is 2. The standard InChI is InChI=1S/C20H24N2O2/c1-15(2)22(16-12-13-21-14-16)20(23)18-10-6-7-11-19(18)24-17-8-4-3-5-9-17/h3-11,15-16,21H,12-14H2,1-2H3. The van der Waals surface area contributed by atoms with Crippen molar-refractivity contribution in [2.24, 2.45) is 0 Å². The lowest BCUT2D eigenvalue weighted by atomic mass is 10.1. The molecule has 0 spiro atoms. The Bertz CT molecular complexity index is 679. The Balaban J connectivity index is 1.88. The van der Waals surface area contributed by atoms with Crippen molar-refractivity contribution in [1.29, 1.82) is 0 Å². The monoisotopic (exact) mass is 324 g/mol. The Labute approximate surface area is 143 Å². The number of ether oxygens (including phenoxy) is 1. The summed E-state index contributed by atoms with van der Waals surface area (Å²) in [7, 11) is 0. The predicted octanol–water partition coefficient (Wildman–Crippen LogP) is 3.69. The van der Waals surface area contributed by atoms with E-state index in [-0.39, 0.29) is 18.0 Å². The molecule has 0 bridgehead atoms. The van der Waals surface area contributed by atoms with Gasteiger partial charge in [0, 0.05) is 18.6 Å². The lowest BCUT2D eigenvalue weighted by Crippen LogP contribution is -2.46. The quantitative estimate of drug-likeness (QED) is 0.912. The topological polar surface area (TPSA) is 41.6 Å². The lowest BCUT2D eigenvalue weighted by Gasteiger charge is -2.32. The first kappa shape index (κ1) is 16.5. The molecule has 0 aliphatic carbocycles. The molecule has 1 amide bonds. The fourth-order valence-electron chi connectivity index (χ4n) is 3.19. The molecule has 1 heterocycles. The van der Waals surface area contributed by atoms with Gasteiger partial charge in [-0.05, 0) is 51.1 Å². The molecular formula is C20H24N2O2. The Morgan fingerprint density at radius 1 is 1.12 bits per heavy atom. The Morgan fingerprint density at radius 2 is 1.83 bits per heavy atom. The van der Waals surface area contributed by atoms with Gasteiger partial charge in [0.1, 0.15) is 11.5 Å². The zero-order valence-corrected chi connectivity index (χ0v) is 14.2. The van der Waals surface area contributed by atoms with E-state index < -0.39 is 0 Å². The van der Waals surface area contributed by atoms with Gasteiger partial charge >= 0.3 is 0 Å². The number of nitrogens with one attached hydrogen (secondary N) is 1. The number of hydrogen-bond acceptors (Lipinski definition) is 3. The maximum Gasteiger partial charge on any atom is 0.258 e. The van der Waals surface area contributed by atoms with Gasteiger partial charge in [-0.15, -0.1) is 0 Å². The van der Waals surface area contributed by atoms with Crippen LogP contribution in [0.5, 0.6) is 11.5 Å². The number of hydrogen-bond donors (Lipinski definition) is 1. The SMILES string of the molecule is CC(C)N(C(=O)c1ccccc1Oc1ccccc1)C1CCNC1. The number of nitrogens with zero attached hydrogens (tertiary/aromatic N) is 1. The van der Waals surface area contributed by atoms with E-state index in [4.69, 9.17) is 4.74 Å². The Hall–Kier alpha value is -2.33. The molecule has 2 aromatic rings. The lowest BCUT2D eigenvalue weighted by molar-refractivity contribution is 0.0624. The minimum absolute atomic E-state index is 0.0326. The third-order valence-corrected chi connectivity index (χ3v) is 4.31. The second kappa shape index (κ2) is 7.49. The summed E-state index contributed by atoms with van der Waals surface area (Å²) in [6, 6.07) is 17.4. The molecule has 126 valence electrons. The van der Waals surface area contributed by atoms with Crippen molar-refractivity contribution in [3.8, 4) is 11.5 Å². The highest BCUT2D eigenvalue weighted by Gasteiger charge is 2.30. The summed E-state index contributed by atoms with van der Waals surface area (Å²) < 4.78 is 5.96. The van der Waals surface area contributed by atoms with Gasteiger partial charge in [-0.3, -0.25) is 4.79 Å². The Morgan fingerprint density at radius 3 is 2.50 bits per heavy atom. The van der Waals surface area contributed by atoms with Crippen LogP contribution in [0, 0.1) is 0 Å². The van der Waals surface area contributed by atoms with Crippen molar-refractivity contribution in [3.63, 3.8) is 0 Å². The molecule has 1 fully saturated rings. The second-order valence-electron chi connectivity index (χ2n) is 6.36. The van der Waals surface area contributed by atoms with Crippen LogP contribution in [0.3, 0.4) is 0 Å². The molecule has 0 aromatic heterocycles. The van der Waals surface area contributed by atoms with E-state index in [1.807, 2.05) is 59.5 Å². The van der Waals surface area contributed by atoms with Gasteiger partial charge in [0.25, 0.3) is 5.91 Å². The molecule has 4 heteroatoms. The maximum absolute atomic E-state index is 13.2. The van der Waals surface area contributed by atoms with Crippen LogP contribution in [0.15, 0.2) is 54.6 Å². The van der Waals surface area contributed by atoms with Crippen molar-refractivity contribution in [2.45, 2.75) is 32.4 Å². The average Bonchev–Trinajstić information content (AvgIpc) is 3.10. The van der Waals surface area contributed by atoms with Crippen LogP contribution in [-0.4, -0.2) is 36.0 Å². The van der Waals surface area contributed by atoms with Gasteiger partial charge in [-0.1, -0.05) is 30.3 Å². The van der Waals surface area contributed by atoms with Gasteiger partial charge in [-0.2, -0.15) is 0 Å². The van der Waals surface area contributed by atoms with Crippen LogP contribution in [0.4, 0.5) is 0 Å². The average molecular weight is 324 g/mol. The molecule has 0 radical (unpaired) electrons. The van der Waals surface area contributed by atoms with Crippen LogP contribution in [0.25, 0.3) is 0 Å². The van der Waals surface area contributed by atoms with Crippen molar-refractivity contribution < 1.29 is 9.53 Å². The zero-order valence-electron chi connectivity index (χ0n) is 14.2. The molecule has 1 aliphatic heterocycles. The first-order valence-electron chi connectivity index (χ1n) is 8.52. The van der Waals surface area contributed by atoms with E-state index in [1.165, 1.54) is 0 Å². The van der Waals surface area contributed by atoms with Crippen molar-refractivity contribution >= 4 is 5.91 Å². The molecule has 1 aliphatic rings. The van der Waals surface area contributed by atoms with Crippen LogP contribution in [0.1, 0.15) is 30.6 Å². The largest absolute Gasteiger partial charge is 0.457 e. The first-order chi connectivity index (χ1) is 11.7. The van der Waals surface area contributed by atoms with Gasteiger partial charge in [0.2, 0.25) is 0 Å². The van der Waals surface area contributed by atoms with E-state index in [2.05, 4.69) is 19.2 Å².